The number of hydrogen-bond donors (Lipinski definition) is 0. The first-order valence-corrected chi connectivity index (χ1v) is 8.17. The average molecular weight is 213 g/mol. The van der Waals surface area contributed by atoms with Gasteiger partial charge in [-0.15, -0.1) is 0 Å². The molecule has 1 aromatic carbocycles. The number of hydrogen-bond acceptors (Lipinski definition) is 1. The first-order valence-electron chi connectivity index (χ1n) is 5.17. The molecule has 0 aliphatic carbocycles. The van der Waals surface area contributed by atoms with Gasteiger partial charge in [0.25, 0.3) is 0 Å². The Hall–Kier alpha value is -1.41. The lowest BCUT2D eigenvalue weighted by Gasteiger charge is -2.22. The van der Waals surface area contributed by atoms with E-state index in [9.17, 15) is 0 Å². The van der Waals surface area contributed by atoms with Crippen LogP contribution >= 0.6 is 0 Å². The van der Waals surface area contributed by atoms with E-state index in [0.717, 1.165) is 0 Å². The summed E-state index contributed by atoms with van der Waals surface area (Å²) in [6, 6.07) is 14.9. The van der Waals surface area contributed by atoms with Crippen molar-refractivity contribution in [1.29, 1.82) is 0 Å². The van der Waals surface area contributed by atoms with Crippen LogP contribution in [0.15, 0.2) is 54.9 Å². The first kappa shape index (κ1) is 10.1. The summed E-state index contributed by atoms with van der Waals surface area (Å²) in [5.41, 5.74) is 0. The van der Waals surface area contributed by atoms with E-state index >= 15 is 0 Å². The van der Waals surface area contributed by atoms with Crippen molar-refractivity contribution in [3.63, 3.8) is 0 Å². The van der Waals surface area contributed by atoms with Crippen molar-refractivity contribution in [2.24, 2.45) is 0 Å². The summed E-state index contributed by atoms with van der Waals surface area (Å²) in [4.78, 5) is 4.21. The Labute approximate surface area is 91.8 Å². The van der Waals surface area contributed by atoms with E-state index in [-0.39, 0.29) is 0 Å². The molecule has 0 unspecified atom stereocenters. The van der Waals surface area contributed by atoms with Crippen LogP contribution in [0.2, 0.25) is 13.1 Å². The maximum absolute atomic E-state index is 4.21. The van der Waals surface area contributed by atoms with Gasteiger partial charge < -0.3 is 0 Å². The van der Waals surface area contributed by atoms with Gasteiger partial charge in [-0.2, -0.15) is 0 Å². The molecule has 0 saturated carbocycles. The largest absolute Gasteiger partial charge is 0.265 e. The highest BCUT2D eigenvalue weighted by Gasteiger charge is 2.25. The summed E-state index contributed by atoms with van der Waals surface area (Å²) in [5, 5.41) is 2.84. The van der Waals surface area contributed by atoms with Crippen LogP contribution in [-0.4, -0.2) is 13.1 Å². The fourth-order valence-electron chi connectivity index (χ4n) is 1.75. The Morgan fingerprint density at radius 1 is 0.867 bits per heavy atom. The van der Waals surface area contributed by atoms with Gasteiger partial charge in [-0.05, 0) is 11.3 Å². The van der Waals surface area contributed by atoms with Crippen LogP contribution in [0.5, 0.6) is 0 Å². The molecule has 2 aromatic rings. The van der Waals surface area contributed by atoms with Crippen LogP contribution < -0.4 is 10.4 Å². The summed E-state index contributed by atoms with van der Waals surface area (Å²) in [6.45, 7) is 4.72. The van der Waals surface area contributed by atoms with E-state index in [2.05, 4.69) is 54.5 Å². The minimum absolute atomic E-state index is 1.39. The fraction of sp³-hybridized carbons (Fsp3) is 0.154. The molecule has 0 saturated heterocycles. The van der Waals surface area contributed by atoms with E-state index in [1.807, 2.05) is 18.5 Å². The van der Waals surface area contributed by atoms with Crippen LogP contribution in [0.1, 0.15) is 0 Å². The fourth-order valence-corrected chi connectivity index (χ4v) is 4.02. The van der Waals surface area contributed by atoms with Gasteiger partial charge in [-0.1, -0.05) is 54.7 Å². The van der Waals surface area contributed by atoms with Crippen LogP contribution in [0.25, 0.3) is 0 Å². The van der Waals surface area contributed by atoms with Crippen LogP contribution in [-0.2, 0) is 0 Å². The van der Waals surface area contributed by atoms with E-state index < -0.39 is 8.07 Å². The third-order valence-corrected chi connectivity index (χ3v) is 6.39. The molecule has 76 valence electrons. The van der Waals surface area contributed by atoms with Gasteiger partial charge in [0.1, 0.15) is 8.07 Å². The molecule has 2 heteroatoms. The Morgan fingerprint density at radius 3 is 2.13 bits per heavy atom. The molecule has 1 nitrogen and oxygen atoms in total. The second kappa shape index (κ2) is 3.99. The zero-order chi connectivity index (χ0) is 10.7. The third kappa shape index (κ3) is 2.00. The van der Waals surface area contributed by atoms with Crippen molar-refractivity contribution in [2.45, 2.75) is 13.1 Å². The lowest BCUT2D eigenvalue weighted by atomic mass is 10.4. The molecule has 1 aromatic heterocycles. The Morgan fingerprint density at radius 2 is 1.53 bits per heavy atom. The quantitative estimate of drug-likeness (QED) is 0.694. The molecule has 1 heterocycles. The number of rotatable bonds is 2. The van der Waals surface area contributed by atoms with Crippen molar-refractivity contribution < 1.29 is 0 Å². The summed E-state index contributed by atoms with van der Waals surface area (Å²) in [7, 11) is -1.52. The van der Waals surface area contributed by atoms with Gasteiger partial charge in [0.05, 0.1) is 0 Å². The van der Waals surface area contributed by atoms with E-state index in [0.29, 0.717) is 0 Å². The predicted molar refractivity (Wildman–Crippen MR) is 67.4 cm³/mol. The minimum atomic E-state index is -1.52. The highest BCUT2D eigenvalue weighted by atomic mass is 28.3. The van der Waals surface area contributed by atoms with Gasteiger partial charge >= 0.3 is 0 Å². The highest BCUT2D eigenvalue weighted by Crippen LogP contribution is 2.03. The maximum Gasteiger partial charge on any atom is 0.114 e. The Balaban J connectivity index is 2.44. The molecule has 15 heavy (non-hydrogen) atoms. The molecule has 0 aliphatic rings. The Kier molecular flexibility index (Phi) is 2.69. The van der Waals surface area contributed by atoms with Crippen molar-refractivity contribution >= 4 is 18.4 Å². The third-order valence-electron chi connectivity index (χ3n) is 2.88. The van der Waals surface area contributed by atoms with Crippen LogP contribution in [0, 0.1) is 0 Å². The molecule has 0 N–H and O–H groups in total. The standard InChI is InChI=1S/C13H15NSi/c1-15(2,12-7-4-3-5-8-12)13-9-6-10-14-11-13/h3-11H,1-2H3. The number of pyridine rings is 1. The second-order valence-corrected chi connectivity index (χ2v) is 8.64. The van der Waals surface area contributed by atoms with Gasteiger partial charge in [0.15, 0.2) is 0 Å². The second-order valence-electron chi connectivity index (χ2n) is 4.23. The normalized spacial score (nSPS) is 11.3. The number of nitrogens with zero attached hydrogens (tertiary/aromatic N) is 1. The SMILES string of the molecule is C[Si](C)(c1ccccc1)c1cccnc1. The van der Waals surface area contributed by atoms with E-state index in [1.54, 1.807) is 0 Å². The molecule has 0 fully saturated rings. The summed E-state index contributed by atoms with van der Waals surface area (Å²) in [6.07, 6.45) is 3.83. The van der Waals surface area contributed by atoms with Crippen LogP contribution in [0.3, 0.4) is 0 Å². The Bertz CT molecular complexity index is 381. The molecular formula is C13H15NSi. The molecule has 0 atom stereocenters. The summed E-state index contributed by atoms with van der Waals surface area (Å²) >= 11 is 0. The van der Waals surface area contributed by atoms with Crippen molar-refractivity contribution in [3.8, 4) is 0 Å². The zero-order valence-electron chi connectivity index (χ0n) is 9.14. The van der Waals surface area contributed by atoms with Gasteiger partial charge in [-0.3, -0.25) is 4.98 Å². The predicted octanol–water partition coefficient (Wildman–Crippen LogP) is 1.90. The number of aromatic nitrogens is 1. The van der Waals surface area contributed by atoms with Gasteiger partial charge in [0.2, 0.25) is 0 Å². The highest BCUT2D eigenvalue weighted by molar-refractivity contribution is 7.00. The van der Waals surface area contributed by atoms with E-state index in [1.165, 1.54) is 10.4 Å². The smallest absolute Gasteiger partial charge is 0.114 e. The summed E-state index contributed by atoms with van der Waals surface area (Å²) in [5.74, 6) is 0. The van der Waals surface area contributed by atoms with Crippen LogP contribution in [0.4, 0.5) is 0 Å². The lowest BCUT2D eigenvalue weighted by Crippen LogP contribution is -2.52. The molecule has 0 radical (unpaired) electrons. The lowest BCUT2D eigenvalue weighted by molar-refractivity contribution is 1.34. The minimum Gasteiger partial charge on any atom is -0.265 e. The monoisotopic (exact) mass is 213 g/mol. The molecule has 0 spiro atoms. The van der Waals surface area contributed by atoms with Crippen molar-refractivity contribution in [2.75, 3.05) is 0 Å². The maximum atomic E-state index is 4.21. The number of benzene rings is 1. The zero-order valence-corrected chi connectivity index (χ0v) is 10.1. The first-order chi connectivity index (χ1) is 7.21. The van der Waals surface area contributed by atoms with Crippen molar-refractivity contribution in [3.05, 3.63) is 54.9 Å². The van der Waals surface area contributed by atoms with Gasteiger partial charge in [-0.25, -0.2) is 0 Å². The molecular weight excluding hydrogens is 198 g/mol. The average Bonchev–Trinajstić information content (AvgIpc) is 2.31. The molecule has 0 amide bonds. The molecule has 0 bridgehead atoms. The molecule has 2 rings (SSSR count). The summed E-state index contributed by atoms with van der Waals surface area (Å²) < 4.78 is 0. The molecule has 0 aliphatic heterocycles. The van der Waals surface area contributed by atoms with Gasteiger partial charge in [0, 0.05) is 12.4 Å². The van der Waals surface area contributed by atoms with E-state index in [4.69, 9.17) is 0 Å². The van der Waals surface area contributed by atoms with Crippen molar-refractivity contribution in [1.82, 2.24) is 4.98 Å². The topological polar surface area (TPSA) is 12.9 Å².